The van der Waals surface area contributed by atoms with Crippen molar-refractivity contribution >= 4 is 39.0 Å². The van der Waals surface area contributed by atoms with Gasteiger partial charge in [0.25, 0.3) is 0 Å². The summed E-state index contributed by atoms with van der Waals surface area (Å²) in [7, 11) is 0. The number of nitrogens with one attached hydrogen (secondary N) is 1. The van der Waals surface area contributed by atoms with E-state index in [0.717, 1.165) is 15.7 Å². The first-order valence-corrected chi connectivity index (χ1v) is 10.0. The molecule has 1 N–H and O–H groups in total. The van der Waals surface area contributed by atoms with Gasteiger partial charge in [-0.1, -0.05) is 45.7 Å². The van der Waals surface area contributed by atoms with E-state index >= 15 is 0 Å². The average molecular weight is 475 g/mol. The van der Waals surface area contributed by atoms with Gasteiger partial charge in [-0.3, -0.25) is 4.79 Å². The van der Waals surface area contributed by atoms with E-state index in [4.69, 9.17) is 16.3 Å². The van der Waals surface area contributed by atoms with Crippen LogP contribution in [0, 0.1) is 12.7 Å². The van der Waals surface area contributed by atoms with Gasteiger partial charge >= 0.3 is 0 Å². The number of ketones is 1. The zero-order valence-electron chi connectivity index (χ0n) is 15.6. The number of hydrogen-bond donors (Lipinski definition) is 1. The van der Waals surface area contributed by atoms with Crippen molar-refractivity contribution in [3.8, 4) is 5.75 Å². The molecule has 0 aliphatic heterocycles. The van der Waals surface area contributed by atoms with Crippen LogP contribution in [0.4, 0.5) is 10.1 Å². The van der Waals surface area contributed by atoms with Gasteiger partial charge in [-0.2, -0.15) is 0 Å². The summed E-state index contributed by atoms with van der Waals surface area (Å²) in [6, 6.07) is 17.0. The third-order valence-electron chi connectivity index (χ3n) is 4.21. The normalized spacial score (nSPS) is 10.9. The van der Waals surface area contributed by atoms with Gasteiger partial charge in [0.05, 0.1) is 5.02 Å². The summed E-state index contributed by atoms with van der Waals surface area (Å²) in [6.45, 7) is 1.97. The Morgan fingerprint density at radius 2 is 1.97 bits per heavy atom. The van der Waals surface area contributed by atoms with E-state index in [0.29, 0.717) is 16.3 Å². The number of allylic oxidation sites excluding steroid dienone is 1. The summed E-state index contributed by atoms with van der Waals surface area (Å²) in [5, 5.41) is 3.38. The van der Waals surface area contributed by atoms with Gasteiger partial charge in [0.2, 0.25) is 0 Å². The number of carbonyl (C=O) groups is 1. The molecule has 0 fully saturated rings. The number of anilines is 1. The van der Waals surface area contributed by atoms with Crippen LogP contribution in [0.3, 0.4) is 0 Å². The minimum absolute atomic E-state index is 0.0243. The van der Waals surface area contributed by atoms with Gasteiger partial charge in [0.1, 0.15) is 18.2 Å². The highest BCUT2D eigenvalue weighted by molar-refractivity contribution is 9.10. The van der Waals surface area contributed by atoms with Crippen molar-refractivity contribution < 1.29 is 13.9 Å². The highest BCUT2D eigenvalue weighted by Gasteiger charge is 2.09. The van der Waals surface area contributed by atoms with Crippen molar-refractivity contribution in [3.05, 3.63) is 105 Å². The Hall–Kier alpha value is -2.63. The molecule has 0 heterocycles. The number of ether oxygens (including phenoxy) is 1. The maximum atomic E-state index is 13.8. The molecule has 3 nitrogen and oxygen atoms in total. The lowest BCUT2D eigenvalue weighted by atomic mass is 10.1. The van der Waals surface area contributed by atoms with Crippen LogP contribution in [0.5, 0.6) is 5.75 Å². The molecule has 148 valence electrons. The summed E-state index contributed by atoms with van der Waals surface area (Å²) in [5.41, 5.74) is 2.72. The quantitative estimate of drug-likeness (QED) is 0.298. The predicted octanol–water partition coefficient (Wildman–Crippen LogP) is 6.94. The third-order valence-corrected chi connectivity index (χ3v) is 5.45. The standard InChI is InChI=1S/C23H18BrClFNO2/c1-15-12-17(8-9-20(15)24)27-11-10-23(28)16-4-2-5-18(13-16)29-14-19-21(25)6-3-7-22(19)26/h2-13,27H,14H2,1H3. The molecular formula is C23H18BrClFNO2. The lowest BCUT2D eigenvalue weighted by molar-refractivity contribution is 0.104. The van der Waals surface area contributed by atoms with E-state index in [9.17, 15) is 9.18 Å². The van der Waals surface area contributed by atoms with Crippen molar-refractivity contribution in [1.29, 1.82) is 0 Å². The number of hydrogen-bond acceptors (Lipinski definition) is 3. The highest BCUT2D eigenvalue weighted by Crippen LogP contribution is 2.23. The molecule has 6 heteroatoms. The van der Waals surface area contributed by atoms with Crippen LogP contribution < -0.4 is 10.1 Å². The average Bonchev–Trinajstić information content (AvgIpc) is 2.70. The molecular weight excluding hydrogens is 457 g/mol. The van der Waals surface area contributed by atoms with Crippen molar-refractivity contribution in [2.75, 3.05) is 5.32 Å². The number of rotatable bonds is 7. The monoisotopic (exact) mass is 473 g/mol. The molecule has 0 bridgehead atoms. The smallest absolute Gasteiger partial charge is 0.187 e. The van der Waals surface area contributed by atoms with Crippen molar-refractivity contribution in [1.82, 2.24) is 0 Å². The van der Waals surface area contributed by atoms with E-state index in [1.54, 1.807) is 36.5 Å². The minimum atomic E-state index is -0.429. The minimum Gasteiger partial charge on any atom is -0.489 e. The molecule has 0 aliphatic carbocycles. The van der Waals surface area contributed by atoms with E-state index in [2.05, 4.69) is 21.2 Å². The Morgan fingerprint density at radius 3 is 2.72 bits per heavy atom. The van der Waals surface area contributed by atoms with Crippen LogP contribution in [-0.2, 0) is 6.61 Å². The molecule has 0 spiro atoms. The van der Waals surface area contributed by atoms with Gasteiger partial charge in [0.15, 0.2) is 5.78 Å². The van der Waals surface area contributed by atoms with Gasteiger partial charge in [-0.15, -0.1) is 0 Å². The third kappa shape index (κ3) is 5.68. The Kier molecular flexibility index (Phi) is 7.07. The second kappa shape index (κ2) is 9.72. The second-order valence-electron chi connectivity index (χ2n) is 6.32. The summed E-state index contributed by atoms with van der Waals surface area (Å²) in [6.07, 6.45) is 3.04. The fourth-order valence-corrected chi connectivity index (χ4v) is 3.07. The second-order valence-corrected chi connectivity index (χ2v) is 7.58. The zero-order chi connectivity index (χ0) is 20.8. The van der Waals surface area contributed by atoms with Crippen molar-refractivity contribution in [2.24, 2.45) is 0 Å². The van der Waals surface area contributed by atoms with Crippen LogP contribution in [0.25, 0.3) is 0 Å². The van der Waals surface area contributed by atoms with Crippen LogP contribution in [0.1, 0.15) is 21.5 Å². The van der Waals surface area contributed by atoms with Crippen molar-refractivity contribution in [2.45, 2.75) is 13.5 Å². The summed E-state index contributed by atoms with van der Waals surface area (Å²) < 4.78 is 20.5. The van der Waals surface area contributed by atoms with Gasteiger partial charge in [-0.25, -0.2) is 4.39 Å². The molecule has 29 heavy (non-hydrogen) atoms. The van der Waals surface area contributed by atoms with Crippen LogP contribution in [0.2, 0.25) is 5.02 Å². The van der Waals surface area contributed by atoms with Gasteiger partial charge in [0, 0.05) is 33.6 Å². The molecule has 0 aliphatic rings. The molecule has 0 saturated carbocycles. The number of halogens is 3. The molecule has 0 unspecified atom stereocenters. The number of aryl methyl sites for hydroxylation is 1. The van der Waals surface area contributed by atoms with E-state index in [1.807, 2.05) is 25.1 Å². The Balaban J connectivity index is 1.63. The molecule has 3 rings (SSSR count). The molecule has 0 saturated heterocycles. The summed E-state index contributed by atoms with van der Waals surface area (Å²) in [4.78, 5) is 12.4. The Bertz CT molecular complexity index is 1050. The summed E-state index contributed by atoms with van der Waals surface area (Å²) in [5.74, 6) is -0.150. The first-order chi connectivity index (χ1) is 13.9. The fourth-order valence-electron chi connectivity index (χ4n) is 2.61. The first kappa shape index (κ1) is 21.1. The molecule has 0 atom stereocenters. The zero-order valence-corrected chi connectivity index (χ0v) is 17.9. The number of benzene rings is 3. The Labute approximate surface area is 182 Å². The topological polar surface area (TPSA) is 38.3 Å². The maximum Gasteiger partial charge on any atom is 0.187 e. The maximum absolute atomic E-state index is 13.8. The molecule has 3 aromatic carbocycles. The van der Waals surface area contributed by atoms with Crippen LogP contribution >= 0.6 is 27.5 Å². The molecule has 0 aromatic heterocycles. The Morgan fingerprint density at radius 1 is 1.17 bits per heavy atom. The molecule has 3 aromatic rings. The lowest BCUT2D eigenvalue weighted by Crippen LogP contribution is -2.01. The highest BCUT2D eigenvalue weighted by atomic mass is 79.9. The van der Waals surface area contributed by atoms with E-state index in [1.165, 1.54) is 18.2 Å². The lowest BCUT2D eigenvalue weighted by Gasteiger charge is -2.09. The van der Waals surface area contributed by atoms with Gasteiger partial charge in [-0.05, 0) is 55.0 Å². The van der Waals surface area contributed by atoms with Gasteiger partial charge < -0.3 is 10.1 Å². The summed E-state index contributed by atoms with van der Waals surface area (Å²) >= 11 is 9.46. The number of carbonyl (C=O) groups excluding carboxylic acids is 1. The van der Waals surface area contributed by atoms with Crippen LogP contribution in [-0.4, -0.2) is 5.78 Å². The first-order valence-electron chi connectivity index (χ1n) is 8.83. The van der Waals surface area contributed by atoms with E-state index in [-0.39, 0.29) is 18.0 Å². The largest absolute Gasteiger partial charge is 0.489 e. The van der Waals surface area contributed by atoms with Crippen LogP contribution in [0.15, 0.2) is 77.4 Å². The molecule has 0 radical (unpaired) electrons. The van der Waals surface area contributed by atoms with Crippen molar-refractivity contribution in [3.63, 3.8) is 0 Å². The predicted molar refractivity (Wildman–Crippen MR) is 118 cm³/mol. The molecule has 0 amide bonds. The van der Waals surface area contributed by atoms with E-state index < -0.39 is 5.82 Å². The SMILES string of the molecule is Cc1cc(NC=CC(=O)c2cccc(OCc3c(F)cccc3Cl)c2)ccc1Br. The fraction of sp³-hybridized carbons (Fsp3) is 0.0870.